The number of nitrogens with one attached hydrogen (secondary N) is 2. The van der Waals surface area contributed by atoms with E-state index in [0.29, 0.717) is 6.54 Å². The van der Waals surface area contributed by atoms with Gasteiger partial charge in [-0.3, -0.25) is 10.1 Å². The van der Waals surface area contributed by atoms with Crippen molar-refractivity contribution in [3.05, 3.63) is 138 Å². The summed E-state index contributed by atoms with van der Waals surface area (Å²) >= 11 is 0. The van der Waals surface area contributed by atoms with Crippen LogP contribution in [0.25, 0.3) is 0 Å². The van der Waals surface area contributed by atoms with Gasteiger partial charge in [-0.25, -0.2) is 0 Å². The van der Waals surface area contributed by atoms with Gasteiger partial charge in [0.2, 0.25) is 0 Å². The van der Waals surface area contributed by atoms with E-state index in [0.717, 1.165) is 22.4 Å². The van der Waals surface area contributed by atoms with Crippen LogP contribution < -0.4 is 10.6 Å². The Labute approximate surface area is 214 Å². The molecule has 0 spiro atoms. The average Bonchev–Trinajstić information content (AvgIpc) is 2.90. The summed E-state index contributed by atoms with van der Waals surface area (Å²) in [5.41, 5.74) is 2.65. The van der Waals surface area contributed by atoms with Gasteiger partial charge < -0.3 is 10.1 Å². The zero-order valence-corrected chi connectivity index (χ0v) is 21.1. The third-order valence-electron chi connectivity index (χ3n) is 5.99. The molecule has 4 rings (SSSR count). The van der Waals surface area contributed by atoms with Gasteiger partial charge in [0, 0.05) is 12.2 Å². The van der Waals surface area contributed by atoms with Gasteiger partial charge in [0.15, 0.2) is 0 Å². The first-order chi connectivity index (χ1) is 17.4. The Morgan fingerprint density at radius 2 is 1.06 bits per heavy atom. The van der Waals surface area contributed by atoms with Gasteiger partial charge in [-0.1, -0.05) is 109 Å². The maximum atomic E-state index is 13.6. The molecule has 2 N–H and O–H groups in total. The van der Waals surface area contributed by atoms with Crippen molar-refractivity contribution >= 4 is 11.7 Å². The number of ether oxygens (including phenoxy) is 1. The monoisotopic (exact) mass is 478 g/mol. The van der Waals surface area contributed by atoms with Gasteiger partial charge in [-0.2, -0.15) is 0 Å². The van der Waals surface area contributed by atoms with Crippen LogP contribution in [0.2, 0.25) is 0 Å². The van der Waals surface area contributed by atoms with Crippen molar-refractivity contribution < 1.29 is 9.53 Å². The SMILES string of the molecule is CC(C)(C)OC(=O)[C@H](CNc1ccccc1)NC(c1ccccc1)(c1ccccc1)c1ccccc1. The van der Waals surface area contributed by atoms with Crippen molar-refractivity contribution in [2.24, 2.45) is 0 Å². The summed E-state index contributed by atoms with van der Waals surface area (Å²) in [5.74, 6) is -0.307. The average molecular weight is 479 g/mol. The highest BCUT2D eigenvalue weighted by Crippen LogP contribution is 2.37. The highest BCUT2D eigenvalue weighted by atomic mass is 16.6. The van der Waals surface area contributed by atoms with Crippen LogP contribution >= 0.6 is 0 Å². The Bertz CT molecular complexity index is 1120. The lowest BCUT2D eigenvalue weighted by atomic mass is 9.76. The number of carbonyl (C=O) groups excluding carboxylic acids is 1. The molecule has 0 amide bonds. The molecule has 1 atom stereocenters. The normalized spacial score (nSPS) is 12.5. The zero-order chi connectivity index (χ0) is 25.4. The molecule has 0 aliphatic rings. The summed E-state index contributed by atoms with van der Waals surface area (Å²) in [7, 11) is 0. The maximum absolute atomic E-state index is 13.6. The predicted molar refractivity (Wildman–Crippen MR) is 147 cm³/mol. The maximum Gasteiger partial charge on any atom is 0.325 e. The van der Waals surface area contributed by atoms with Crippen LogP contribution in [-0.4, -0.2) is 24.2 Å². The quantitative estimate of drug-likeness (QED) is 0.216. The number of carbonyl (C=O) groups is 1. The minimum atomic E-state index is -0.788. The van der Waals surface area contributed by atoms with Crippen molar-refractivity contribution in [1.29, 1.82) is 0 Å². The molecule has 4 aromatic carbocycles. The van der Waals surface area contributed by atoms with E-state index in [1.54, 1.807) is 0 Å². The zero-order valence-electron chi connectivity index (χ0n) is 21.1. The van der Waals surface area contributed by atoms with E-state index in [1.165, 1.54) is 0 Å². The van der Waals surface area contributed by atoms with Crippen molar-refractivity contribution in [3.63, 3.8) is 0 Å². The number of benzene rings is 4. The number of hydrogen-bond acceptors (Lipinski definition) is 4. The molecule has 184 valence electrons. The third-order valence-corrected chi connectivity index (χ3v) is 5.99. The molecule has 0 bridgehead atoms. The molecule has 0 heterocycles. The van der Waals surface area contributed by atoms with Crippen molar-refractivity contribution in [3.8, 4) is 0 Å². The van der Waals surface area contributed by atoms with E-state index in [-0.39, 0.29) is 5.97 Å². The standard InChI is InChI=1S/C32H34N2O2/c1-31(2,3)36-30(35)29(24-33-28-22-14-7-15-23-28)34-32(25-16-8-4-9-17-25,26-18-10-5-11-19-26)27-20-12-6-13-21-27/h4-23,29,33-34H,24H2,1-3H3/t29-/m0/s1. The van der Waals surface area contributed by atoms with Crippen molar-refractivity contribution in [2.75, 3.05) is 11.9 Å². The third kappa shape index (κ3) is 6.02. The van der Waals surface area contributed by atoms with Crippen LogP contribution in [-0.2, 0) is 15.1 Å². The Morgan fingerprint density at radius 3 is 1.44 bits per heavy atom. The summed E-state index contributed by atoms with van der Waals surface area (Å²) in [4.78, 5) is 13.6. The van der Waals surface area contributed by atoms with Gasteiger partial charge in [0.25, 0.3) is 0 Å². The molecule has 4 aromatic rings. The van der Waals surface area contributed by atoms with Crippen LogP contribution in [0.3, 0.4) is 0 Å². The van der Waals surface area contributed by atoms with Gasteiger partial charge in [0.1, 0.15) is 11.6 Å². The molecule has 36 heavy (non-hydrogen) atoms. The smallest absolute Gasteiger partial charge is 0.325 e. The van der Waals surface area contributed by atoms with Crippen molar-refractivity contribution in [2.45, 2.75) is 38.0 Å². The van der Waals surface area contributed by atoms with E-state index in [9.17, 15) is 4.79 Å². The summed E-state index contributed by atoms with van der Waals surface area (Å²) in [5, 5.41) is 7.20. The molecule has 0 aliphatic heterocycles. The molecular formula is C32H34N2O2. The second-order valence-corrected chi connectivity index (χ2v) is 9.83. The lowest BCUT2D eigenvalue weighted by molar-refractivity contribution is -0.157. The molecule has 0 unspecified atom stereocenters. The summed E-state index contributed by atoms with van der Waals surface area (Å²) in [6.07, 6.45) is 0. The number of anilines is 1. The molecule has 4 heteroatoms. The summed E-state index contributed by atoms with van der Waals surface area (Å²) in [6.45, 7) is 6.04. The highest BCUT2D eigenvalue weighted by molar-refractivity contribution is 5.77. The second kappa shape index (κ2) is 11.2. The lowest BCUT2D eigenvalue weighted by Crippen LogP contribution is -2.56. The minimum Gasteiger partial charge on any atom is -0.459 e. The summed E-state index contributed by atoms with van der Waals surface area (Å²) < 4.78 is 5.90. The largest absolute Gasteiger partial charge is 0.459 e. The molecule has 0 radical (unpaired) electrons. The number of hydrogen-bond donors (Lipinski definition) is 2. The van der Waals surface area contributed by atoms with Gasteiger partial charge in [-0.15, -0.1) is 0 Å². The van der Waals surface area contributed by atoms with E-state index >= 15 is 0 Å². The first-order valence-electron chi connectivity index (χ1n) is 12.3. The fraction of sp³-hybridized carbons (Fsp3) is 0.219. The molecule has 0 saturated carbocycles. The fourth-order valence-corrected chi connectivity index (χ4v) is 4.42. The topological polar surface area (TPSA) is 50.4 Å². The van der Waals surface area contributed by atoms with E-state index in [4.69, 9.17) is 4.74 Å². The van der Waals surface area contributed by atoms with Gasteiger partial charge >= 0.3 is 5.97 Å². The summed E-state index contributed by atoms with van der Waals surface area (Å²) in [6, 6.07) is 40.1. The predicted octanol–water partition coefficient (Wildman–Crippen LogP) is 6.39. The number of esters is 1. The van der Waals surface area contributed by atoms with Crippen LogP contribution in [0.5, 0.6) is 0 Å². The highest BCUT2D eigenvalue weighted by Gasteiger charge is 2.40. The van der Waals surface area contributed by atoms with Crippen LogP contribution in [0.4, 0.5) is 5.69 Å². The van der Waals surface area contributed by atoms with Crippen molar-refractivity contribution in [1.82, 2.24) is 5.32 Å². The van der Waals surface area contributed by atoms with Crippen LogP contribution in [0.15, 0.2) is 121 Å². The molecule has 0 saturated heterocycles. The fourth-order valence-electron chi connectivity index (χ4n) is 4.42. The van der Waals surface area contributed by atoms with Crippen LogP contribution in [0.1, 0.15) is 37.5 Å². The van der Waals surface area contributed by atoms with Gasteiger partial charge in [0.05, 0.1) is 5.54 Å². The lowest BCUT2D eigenvalue weighted by Gasteiger charge is -2.40. The number of para-hydroxylation sites is 1. The molecular weight excluding hydrogens is 444 g/mol. The molecule has 4 nitrogen and oxygen atoms in total. The molecule has 0 fully saturated rings. The number of rotatable bonds is 9. The Balaban J connectivity index is 1.84. The molecule has 0 aliphatic carbocycles. The Kier molecular flexibility index (Phi) is 7.87. The van der Waals surface area contributed by atoms with E-state index in [1.807, 2.05) is 106 Å². The van der Waals surface area contributed by atoms with E-state index in [2.05, 4.69) is 47.0 Å². The first-order valence-corrected chi connectivity index (χ1v) is 12.3. The second-order valence-electron chi connectivity index (χ2n) is 9.83. The molecule has 0 aromatic heterocycles. The Morgan fingerprint density at radius 1 is 0.667 bits per heavy atom. The minimum absolute atomic E-state index is 0.307. The first kappa shape index (κ1) is 25.2. The van der Waals surface area contributed by atoms with Crippen LogP contribution in [0, 0.1) is 0 Å². The van der Waals surface area contributed by atoms with Gasteiger partial charge in [-0.05, 0) is 49.6 Å². The van der Waals surface area contributed by atoms with E-state index < -0.39 is 17.2 Å². The Hall–Kier alpha value is -3.89.